The number of halogens is 1. The molecule has 0 spiro atoms. The van der Waals surface area contributed by atoms with E-state index in [0.717, 1.165) is 11.3 Å². The maximum Gasteiger partial charge on any atom is 0.266 e. The molecule has 0 atom stereocenters. The second-order valence-electron chi connectivity index (χ2n) is 5.78. The molecule has 0 saturated carbocycles. The van der Waals surface area contributed by atoms with Gasteiger partial charge in [-0.3, -0.25) is 9.69 Å². The minimum Gasteiger partial charge on any atom is -0.490 e. The lowest BCUT2D eigenvalue weighted by Crippen LogP contribution is -2.27. The molecule has 1 amide bonds. The maximum atomic E-state index is 12.3. The largest absolute Gasteiger partial charge is 0.490 e. The molecule has 0 radical (unpaired) electrons. The summed E-state index contributed by atoms with van der Waals surface area (Å²) in [6, 6.07) is 14.8. The van der Waals surface area contributed by atoms with Crippen LogP contribution in [0.15, 0.2) is 66.1 Å². The summed E-state index contributed by atoms with van der Waals surface area (Å²) >= 11 is 12.6. The molecule has 7 heteroatoms. The van der Waals surface area contributed by atoms with E-state index in [2.05, 4.69) is 6.58 Å². The van der Waals surface area contributed by atoms with Crippen molar-refractivity contribution in [1.29, 1.82) is 0 Å². The zero-order valence-electron chi connectivity index (χ0n) is 15.0. The first-order valence-corrected chi connectivity index (χ1v) is 10.1. The minimum absolute atomic E-state index is 0.0908. The SMILES string of the molecule is C=CCN1C(=O)/C(=C/c2ccc(OCCOc3ccccc3Cl)cc2)SC1=S. The van der Waals surface area contributed by atoms with Crippen molar-refractivity contribution < 1.29 is 14.3 Å². The molecular weight excluding hydrogens is 414 g/mol. The van der Waals surface area contributed by atoms with Crippen molar-refractivity contribution in [3.8, 4) is 11.5 Å². The predicted molar refractivity (Wildman–Crippen MR) is 119 cm³/mol. The van der Waals surface area contributed by atoms with E-state index in [-0.39, 0.29) is 5.91 Å². The number of carbonyl (C=O) groups excluding carboxylic acids is 1. The average Bonchev–Trinajstić information content (AvgIpc) is 2.95. The Bertz CT molecular complexity index is 912. The van der Waals surface area contributed by atoms with Crippen molar-refractivity contribution >= 4 is 51.9 Å². The number of nitrogens with zero attached hydrogens (tertiary/aromatic N) is 1. The molecule has 1 saturated heterocycles. The van der Waals surface area contributed by atoms with Gasteiger partial charge in [-0.2, -0.15) is 0 Å². The number of thioether (sulfide) groups is 1. The number of thiocarbonyl (C=S) groups is 1. The highest BCUT2D eigenvalue weighted by molar-refractivity contribution is 8.26. The fourth-order valence-corrected chi connectivity index (χ4v) is 3.94. The number of para-hydroxylation sites is 1. The molecule has 2 aromatic carbocycles. The van der Waals surface area contributed by atoms with E-state index in [4.69, 9.17) is 33.3 Å². The summed E-state index contributed by atoms with van der Waals surface area (Å²) in [7, 11) is 0. The molecule has 1 fully saturated rings. The van der Waals surface area contributed by atoms with Crippen molar-refractivity contribution in [1.82, 2.24) is 4.90 Å². The van der Waals surface area contributed by atoms with Crippen LogP contribution in [0.1, 0.15) is 5.56 Å². The van der Waals surface area contributed by atoms with Crippen molar-refractivity contribution in [3.05, 3.63) is 76.7 Å². The van der Waals surface area contributed by atoms with E-state index in [1.54, 1.807) is 12.1 Å². The third-order valence-corrected chi connectivity index (χ3v) is 5.50. The number of hydrogen-bond donors (Lipinski definition) is 0. The summed E-state index contributed by atoms with van der Waals surface area (Å²) in [5.74, 6) is 1.27. The van der Waals surface area contributed by atoms with Gasteiger partial charge in [0.25, 0.3) is 5.91 Å². The van der Waals surface area contributed by atoms with Gasteiger partial charge in [0.1, 0.15) is 29.0 Å². The van der Waals surface area contributed by atoms with Crippen LogP contribution in [-0.4, -0.2) is 34.9 Å². The first kappa shape index (κ1) is 20.5. The van der Waals surface area contributed by atoms with Crippen LogP contribution in [0, 0.1) is 0 Å². The van der Waals surface area contributed by atoms with E-state index in [0.29, 0.717) is 39.8 Å². The second-order valence-corrected chi connectivity index (χ2v) is 7.86. The molecule has 2 aromatic rings. The Hall–Kier alpha value is -2.28. The lowest BCUT2D eigenvalue weighted by molar-refractivity contribution is -0.121. The molecule has 0 unspecified atom stereocenters. The van der Waals surface area contributed by atoms with Crippen LogP contribution in [0.4, 0.5) is 0 Å². The van der Waals surface area contributed by atoms with E-state index in [1.807, 2.05) is 48.5 Å². The quantitative estimate of drug-likeness (QED) is 0.249. The van der Waals surface area contributed by atoms with Crippen LogP contribution >= 0.6 is 35.6 Å². The molecule has 0 bridgehead atoms. The molecular formula is C21H18ClNO3S2. The van der Waals surface area contributed by atoms with Gasteiger partial charge in [0, 0.05) is 6.54 Å². The number of benzene rings is 2. The smallest absolute Gasteiger partial charge is 0.266 e. The highest BCUT2D eigenvalue weighted by atomic mass is 35.5. The van der Waals surface area contributed by atoms with Crippen LogP contribution in [-0.2, 0) is 4.79 Å². The van der Waals surface area contributed by atoms with Crippen molar-refractivity contribution in [2.75, 3.05) is 19.8 Å². The summed E-state index contributed by atoms with van der Waals surface area (Å²) in [4.78, 5) is 14.5. The van der Waals surface area contributed by atoms with Gasteiger partial charge in [-0.05, 0) is 35.9 Å². The fourth-order valence-electron chi connectivity index (χ4n) is 2.47. The highest BCUT2D eigenvalue weighted by Crippen LogP contribution is 2.32. The molecule has 144 valence electrons. The number of ether oxygens (including phenoxy) is 2. The second kappa shape index (κ2) is 9.78. The van der Waals surface area contributed by atoms with Gasteiger partial charge in [0.15, 0.2) is 0 Å². The van der Waals surface area contributed by atoms with Crippen molar-refractivity contribution in [2.24, 2.45) is 0 Å². The maximum absolute atomic E-state index is 12.3. The molecule has 3 rings (SSSR count). The van der Waals surface area contributed by atoms with Crippen LogP contribution in [0.25, 0.3) is 6.08 Å². The number of hydrogen-bond acceptors (Lipinski definition) is 5. The molecule has 0 aliphatic carbocycles. The van der Waals surface area contributed by atoms with Gasteiger partial charge in [0.2, 0.25) is 0 Å². The molecule has 28 heavy (non-hydrogen) atoms. The molecule has 1 heterocycles. The number of rotatable bonds is 8. The number of amides is 1. The Morgan fingerprint density at radius 3 is 2.54 bits per heavy atom. The molecule has 0 N–H and O–H groups in total. The van der Waals surface area contributed by atoms with Crippen LogP contribution in [0.5, 0.6) is 11.5 Å². The van der Waals surface area contributed by atoms with E-state index >= 15 is 0 Å². The van der Waals surface area contributed by atoms with Gasteiger partial charge >= 0.3 is 0 Å². The minimum atomic E-state index is -0.0908. The molecule has 1 aliphatic rings. The average molecular weight is 432 g/mol. The summed E-state index contributed by atoms with van der Waals surface area (Å²) in [5.41, 5.74) is 0.902. The number of carbonyl (C=O) groups is 1. The normalized spacial score (nSPS) is 15.2. The lowest BCUT2D eigenvalue weighted by Gasteiger charge is -2.10. The Balaban J connectivity index is 1.52. The predicted octanol–water partition coefficient (Wildman–Crippen LogP) is 5.19. The third-order valence-electron chi connectivity index (χ3n) is 3.81. The third kappa shape index (κ3) is 5.16. The zero-order chi connectivity index (χ0) is 19.9. The fraction of sp³-hybridized carbons (Fsp3) is 0.143. The van der Waals surface area contributed by atoms with Gasteiger partial charge in [0.05, 0.1) is 9.93 Å². The Morgan fingerprint density at radius 2 is 1.82 bits per heavy atom. The first-order valence-electron chi connectivity index (χ1n) is 8.55. The van der Waals surface area contributed by atoms with Crippen LogP contribution < -0.4 is 9.47 Å². The summed E-state index contributed by atoms with van der Waals surface area (Å²) < 4.78 is 11.8. The Labute approximate surface area is 178 Å². The van der Waals surface area contributed by atoms with Gasteiger partial charge in [-0.15, -0.1) is 6.58 Å². The van der Waals surface area contributed by atoms with E-state index in [1.165, 1.54) is 16.7 Å². The summed E-state index contributed by atoms with van der Waals surface area (Å²) in [6.07, 6.45) is 3.49. The Morgan fingerprint density at radius 1 is 1.11 bits per heavy atom. The standard InChI is InChI=1S/C21H18ClNO3S2/c1-2-11-23-20(24)19(28-21(23)27)14-15-7-9-16(10-8-15)25-12-13-26-18-6-4-3-5-17(18)22/h2-10,14H,1,11-13H2/b19-14-. The molecule has 0 aromatic heterocycles. The Kier molecular flexibility index (Phi) is 7.14. The molecule has 1 aliphatic heterocycles. The van der Waals surface area contributed by atoms with Crippen molar-refractivity contribution in [2.45, 2.75) is 0 Å². The van der Waals surface area contributed by atoms with Gasteiger partial charge < -0.3 is 9.47 Å². The molecule has 4 nitrogen and oxygen atoms in total. The first-order chi connectivity index (χ1) is 13.6. The summed E-state index contributed by atoms with van der Waals surface area (Å²) in [6.45, 7) is 4.85. The van der Waals surface area contributed by atoms with E-state index < -0.39 is 0 Å². The van der Waals surface area contributed by atoms with Crippen molar-refractivity contribution in [3.63, 3.8) is 0 Å². The lowest BCUT2D eigenvalue weighted by atomic mass is 10.2. The topological polar surface area (TPSA) is 38.8 Å². The van der Waals surface area contributed by atoms with E-state index in [9.17, 15) is 4.79 Å². The van der Waals surface area contributed by atoms with Gasteiger partial charge in [-0.1, -0.05) is 65.9 Å². The zero-order valence-corrected chi connectivity index (χ0v) is 17.4. The summed E-state index contributed by atoms with van der Waals surface area (Å²) in [5, 5.41) is 0.574. The van der Waals surface area contributed by atoms with Gasteiger partial charge in [-0.25, -0.2) is 0 Å². The highest BCUT2D eigenvalue weighted by Gasteiger charge is 2.30. The monoisotopic (exact) mass is 431 g/mol. The van der Waals surface area contributed by atoms with Crippen LogP contribution in [0.3, 0.4) is 0 Å². The van der Waals surface area contributed by atoms with Crippen LogP contribution in [0.2, 0.25) is 5.02 Å².